The van der Waals surface area contributed by atoms with E-state index in [0.717, 1.165) is 22.4 Å². The van der Waals surface area contributed by atoms with Gasteiger partial charge in [-0.1, -0.05) is 28.1 Å². The monoisotopic (exact) mass is 368 g/mol. The molecular weight excluding hydrogens is 352 g/mol. The Morgan fingerprint density at radius 2 is 1.62 bits per heavy atom. The van der Waals surface area contributed by atoms with Crippen LogP contribution in [0.25, 0.3) is 0 Å². The number of benzene rings is 2. The number of ether oxygens (including phenoxy) is 2. The molecule has 21 heavy (non-hydrogen) atoms. The zero-order valence-electron chi connectivity index (χ0n) is 11.9. The molecule has 0 saturated carbocycles. The number of alkyl halides is 1. The van der Waals surface area contributed by atoms with E-state index in [1.165, 1.54) is 5.56 Å². The van der Waals surface area contributed by atoms with E-state index >= 15 is 0 Å². The Hall–Kier alpha value is -1.19. The summed E-state index contributed by atoms with van der Waals surface area (Å²) < 4.78 is 12.0. The van der Waals surface area contributed by atoms with E-state index in [1.54, 1.807) is 7.11 Å². The Morgan fingerprint density at radius 3 is 2.19 bits per heavy atom. The Bertz CT molecular complexity index is 540. The molecule has 0 bridgehead atoms. The lowest BCUT2D eigenvalue weighted by molar-refractivity contribution is 0.300. The molecule has 0 aromatic heterocycles. The average molecular weight is 370 g/mol. The normalized spacial score (nSPS) is 12.0. The van der Waals surface area contributed by atoms with E-state index < -0.39 is 0 Å². The molecule has 0 fully saturated rings. The van der Waals surface area contributed by atoms with Crippen molar-refractivity contribution in [3.63, 3.8) is 0 Å². The fourth-order valence-corrected chi connectivity index (χ4v) is 2.66. The number of halogens is 2. The predicted octanol–water partition coefficient (Wildman–Crippen LogP) is 5.25. The fourth-order valence-electron chi connectivity index (χ4n) is 2.06. The van der Waals surface area contributed by atoms with Gasteiger partial charge in [-0.05, 0) is 48.4 Å². The minimum atomic E-state index is 0.304. The van der Waals surface area contributed by atoms with Crippen molar-refractivity contribution < 1.29 is 9.47 Å². The van der Waals surface area contributed by atoms with Crippen LogP contribution >= 0.6 is 27.5 Å². The van der Waals surface area contributed by atoms with E-state index in [-0.39, 0.29) is 0 Å². The van der Waals surface area contributed by atoms with Crippen molar-refractivity contribution in [2.45, 2.75) is 12.3 Å². The Labute approximate surface area is 139 Å². The molecule has 0 N–H and O–H groups in total. The summed E-state index contributed by atoms with van der Waals surface area (Å²) >= 11 is 9.52. The van der Waals surface area contributed by atoms with Crippen molar-refractivity contribution in [3.05, 3.63) is 58.6 Å². The summed E-state index contributed by atoms with van der Waals surface area (Å²) in [6, 6.07) is 15.9. The maximum atomic E-state index is 6.08. The van der Waals surface area contributed by atoms with Gasteiger partial charge in [0, 0.05) is 16.3 Å². The quantitative estimate of drug-likeness (QED) is 0.621. The first-order valence-corrected chi connectivity index (χ1v) is 8.14. The second-order valence-corrected chi connectivity index (χ2v) is 5.94. The average Bonchev–Trinajstić information content (AvgIpc) is 2.53. The van der Waals surface area contributed by atoms with Crippen LogP contribution in [0.4, 0.5) is 0 Å². The van der Waals surface area contributed by atoms with Gasteiger partial charge in [-0.15, -0.1) is 11.6 Å². The first-order valence-electron chi connectivity index (χ1n) is 6.81. The molecule has 2 nitrogen and oxygen atoms in total. The molecule has 0 heterocycles. The molecule has 2 rings (SSSR count). The molecule has 112 valence electrons. The lowest BCUT2D eigenvalue weighted by Crippen LogP contribution is -2.07. The number of rotatable bonds is 7. The molecule has 0 saturated heterocycles. The van der Waals surface area contributed by atoms with Gasteiger partial charge >= 0.3 is 0 Å². The van der Waals surface area contributed by atoms with E-state index in [0.29, 0.717) is 18.4 Å². The standard InChI is InChI=1S/C17H18BrClO2/c1-20-16-6-8-17(9-7-16)21-11-10-14(12-19)13-2-4-15(18)5-3-13/h2-9,14H,10-12H2,1H3. The van der Waals surface area contributed by atoms with E-state index in [1.807, 2.05) is 36.4 Å². The lowest BCUT2D eigenvalue weighted by atomic mass is 9.98. The smallest absolute Gasteiger partial charge is 0.119 e. The zero-order chi connectivity index (χ0) is 15.1. The van der Waals surface area contributed by atoms with Crippen molar-refractivity contribution in [3.8, 4) is 11.5 Å². The van der Waals surface area contributed by atoms with Gasteiger partial charge in [-0.2, -0.15) is 0 Å². The number of hydrogen-bond donors (Lipinski definition) is 0. The molecule has 0 aliphatic heterocycles. The highest BCUT2D eigenvalue weighted by Crippen LogP contribution is 2.24. The Morgan fingerprint density at radius 1 is 1.00 bits per heavy atom. The maximum absolute atomic E-state index is 6.08. The summed E-state index contributed by atoms with van der Waals surface area (Å²) in [4.78, 5) is 0. The van der Waals surface area contributed by atoms with E-state index in [2.05, 4.69) is 28.1 Å². The lowest BCUT2D eigenvalue weighted by Gasteiger charge is -2.15. The summed E-state index contributed by atoms with van der Waals surface area (Å²) in [6.07, 6.45) is 0.886. The second kappa shape index (κ2) is 8.30. The molecule has 0 aliphatic rings. The first kappa shape index (κ1) is 16.2. The SMILES string of the molecule is COc1ccc(OCCC(CCl)c2ccc(Br)cc2)cc1. The fraction of sp³-hybridized carbons (Fsp3) is 0.294. The van der Waals surface area contributed by atoms with Gasteiger partial charge in [0.25, 0.3) is 0 Å². The van der Waals surface area contributed by atoms with Crippen LogP contribution < -0.4 is 9.47 Å². The van der Waals surface area contributed by atoms with Crippen molar-refractivity contribution in [2.75, 3.05) is 19.6 Å². The van der Waals surface area contributed by atoms with Gasteiger partial charge in [0.05, 0.1) is 13.7 Å². The van der Waals surface area contributed by atoms with Gasteiger partial charge in [-0.3, -0.25) is 0 Å². The largest absolute Gasteiger partial charge is 0.497 e. The Kier molecular flexibility index (Phi) is 6.40. The minimum Gasteiger partial charge on any atom is -0.497 e. The van der Waals surface area contributed by atoms with Gasteiger partial charge in [-0.25, -0.2) is 0 Å². The molecule has 0 spiro atoms. The van der Waals surface area contributed by atoms with Crippen LogP contribution in [-0.2, 0) is 0 Å². The van der Waals surface area contributed by atoms with Crippen molar-refractivity contribution in [1.29, 1.82) is 0 Å². The van der Waals surface area contributed by atoms with E-state index in [9.17, 15) is 0 Å². The van der Waals surface area contributed by atoms with Crippen LogP contribution in [0, 0.1) is 0 Å². The molecule has 1 unspecified atom stereocenters. The summed E-state index contributed by atoms with van der Waals surface area (Å²) in [5.74, 6) is 2.57. The first-order chi connectivity index (χ1) is 10.2. The molecular formula is C17H18BrClO2. The van der Waals surface area contributed by atoms with Gasteiger partial charge in [0.1, 0.15) is 11.5 Å². The highest BCUT2D eigenvalue weighted by Gasteiger charge is 2.10. The highest BCUT2D eigenvalue weighted by atomic mass is 79.9. The van der Waals surface area contributed by atoms with Crippen molar-refractivity contribution in [1.82, 2.24) is 0 Å². The van der Waals surface area contributed by atoms with Crippen LogP contribution in [-0.4, -0.2) is 19.6 Å². The molecule has 0 aliphatic carbocycles. The van der Waals surface area contributed by atoms with Gasteiger partial charge in [0.2, 0.25) is 0 Å². The topological polar surface area (TPSA) is 18.5 Å². The molecule has 0 amide bonds. The van der Waals surface area contributed by atoms with Crippen molar-refractivity contribution in [2.24, 2.45) is 0 Å². The predicted molar refractivity (Wildman–Crippen MR) is 90.7 cm³/mol. The van der Waals surface area contributed by atoms with Crippen LogP contribution in [0.3, 0.4) is 0 Å². The van der Waals surface area contributed by atoms with Gasteiger partial charge < -0.3 is 9.47 Å². The third kappa shape index (κ3) is 4.94. The number of methoxy groups -OCH3 is 1. The Balaban J connectivity index is 1.86. The summed E-state index contributed by atoms with van der Waals surface area (Å²) in [7, 11) is 1.65. The van der Waals surface area contributed by atoms with Crippen molar-refractivity contribution >= 4 is 27.5 Å². The molecule has 1 atom stereocenters. The summed E-state index contributed by atoms with van der Waals surface area (Å²) in [5.41, 5.74) is 1.24. The number of hydrogen-bond acceptors (Lipinski definition) is 2. The summed E-state index contributed by atoms with van der Waals surface area (Å²) in [6.45, 7) is 0.639. The zero-order valence-corrected chi connectivity index (χ0v) is 14.2. The third-order valence-corrected chi connectivity index (χ3v) is 4.22. The second-order valence-electron chi connectivity index (χ2n) is 4.72. The van der Waals surface area contributed by atoms with Crippen LogP contribution in [0.2, 0.25) is 0 Å². The molecule has 2 aromatic carbocycles. The van der Waals surface area contributed by atoms with E-state index in [4.69, 9.17) is 21.1 Å². The molecule has 4 heteroatoms. The van der Waals surface area contributed by atoms with Gasteiger partial charge in [0.15, 0.2) is 0 Å². The highest BCUT2D eigenvalue weighted by molar-refractivity contribution is 9.10. The summed E-state index contributed by atoms with van der Waals surface area (Å²) in [5, 5.41) is 0. The van der Waals surface area contributed by atoms with Crippen LogP contribution in [0.15, 0.2) is 53.0 Å². The van der Waals surface area contributed by atoms with Crippen LogP contribution in [0.5, 0.6) is 11.5 Å². The van der Waals surface area contributed by atoms with Crippen LogP contribution in [0.1, 0.15) is 17.9 Å². The maximum Gasteiger partial charge on any atom is 0.119 e. The molecule has 0 radical (unpaired) electrons. The molecule has 2 aromatic rings. The third-order valence-electron chi connectivity index (χ3n) is 3.32. The minimum absolute atomic E-state index is 0.304.